The zero-order valence-corrected chi connectivity index (χ0v) is 13.0. The van der Waals surface area contributed by atoms with Crippen molar-refractivity contribution >= 4 is 5.69 Å². The van der Waals surface area contributed by atoms with Crippen molar-refractivity contribution in [3.05, 3.63) is 29.8 Å². The molecule has 2 atom stereocenters. The van der Waals surface area contributed by atoms with Crippen LogP contribution in [0.5, 0.6) is 0 Å². The Morgan fingerprint density at radius 2 is 2.05 bits per heavy atom. The van der Waals surface area contributed by atoms with Gasteiger partial charge in [-0.05, 0) is 43.7 Å². The Balaban J connectivity index is 2.26. The van der Waals surface area contributed by atoms with Crippen molar-refractivity contribution in [3.63, 3.8) is 0 Å². The first-order chi connectivity index (χ1) is 9.69. The van der Waals surface area contributed by atoms with E-state index < -0.39 is 0 Å². The van der Waals surface area contributed by atoms with Gasteiger partial charge in [0, 0.05) is 31.4 Å². The maximum Gasteiger partial charge on any atom is 0.0637 e. The Morgan fingerprint density at radius 3 is 2.65 bits per heavy atom. The van der Waals surface area contributed by atoms with Gasteiger partial charge in [-0.25, -0.2) is 0 Å². The molecule has 0 aliphatic heterocycles. The predicted octanol–water partition coefficient (Wildman–Crippen LogP) is 3.35. The van der Waals surface area contributed by atoms with Crippen LogP contribution >= 0.6 is 0 Å². The minimum Gasteiger partial charge on any atom is -0.383 e. The molecular formula is C17H28N2O. The molecule has 20 heavy (non-hydrogen) atoms. The first kappa shape index (κ1) is 15.3. The molecule has 0 amide bonds. The first-order valence-electron chi connectivity index (χ1n) is 7.79. The Labute approximate surface area is 123 Å². The van der Waals surface area contributed by atoms with Crippen molar-refractivity contribution < 1.29 is 4.74 Å². The van der Waals surface area contributed by atoms with Crippen molar-refractivity contribution in [1.29, 1.82) is 0 Å². The average Bonchev–Trinajstić information content (AvgIpc) is 3.31. The molecule has 1 fully saturated rings. The zero-order valence-electron chi connectivity index (χ0n) is 13.0. The highest BCUT2D eigenvalue weighted by Crippen LogP contribution is 2.38. The molecule has 0 heterocycles. The summed E-state index contributed by atoms with van der Waals surface area (Å²) in [5.41, 5.74) is 8.85. The van der Waals surface area contributed by atoms with Gasteiger partial charge in [0.25, 0.3) is 0 Å². The maximum atomic E-state index is 6.30. The second kappa shape index (κ2) is 7.09. The number of rotatable bonds is 8. The molecule has 2 N–H and O–H groups in total. The summed E-state index contributed by atoms with van der Waals surface area (Å²) in [6.45, 7) is 6.17. The van der Waals surface area contributed by atoms with Crippen LogP contribution in [-0.2, 0) is 4.74 Å². The molecule has 0 aromatic heterocycles. The molecular weight excluding hydrogens is 248 g/mol. The minimum absolute atomic E-state index is 0.114. The summed E-state index contributed by atoms with van der Waals surface area (Å²) in [6.07, 6.45) is 3.67. The second-order valence-electron chi connectivity index (χ2n) is 5.84. The summed E-state index contributed by atoms with van der Waals surface area (Å²) < 4.78 is 5.30. The van der Waals surface area contributed by atoms with Gasteiger partial charge in [0.2, 0.25) is 0 Å². The van der Waals surface area contributed by atoms with Crippen LogP contribution in [0.3, 0.4) is 0 Å². The third-order valence-corrected chi connectivity index (χ3v) is 4.42. The summed E-state index contributed by atoms with van der Waals surface area (Å²) in [6, 6.07) is 9.26. The van der Waals surface area contributed by atoms with Gasteiger partial charge in [0.1, 0.15) is 0 Å². The van der Waals surface area contributed by atoms with Crippen LogP contribution in [0.2, 0.25) is 0 Å². The predicted molar refractivity (Wildman–Crippen MR) is 85.1 cm³/mol. The maximum absolute atomic E-state index is 6.30. The molecule has 1 unspecified atom stereocenters. The van der Waals surface area contributed by atoms with E-state index in [2.05, 4.69) is 43.0 Å². The van der Waals surface area contributed by atoms with Crippen LogP contribution < -0.4 is 10.6 Å². The molecule has 0 saturated heterocycles. The first-order valence-corrected chi connectivity index (χ1v) is 7.79. The van der Waals surface area contributed by atoms with Gasteiger partial charge in [-0.1, -0.05) is 25.1 Å². The minimum atomic E-state index is 0.114. The Hall–Kier alpha value is -1.06. The lowest BCUT2D eigenvalue weighted by Gasteiger charge is -2.34. The standard InChI is InChI=1S/C17H28N2O/c1-4-16(18)15-7-5-6-8-17(15)19(11-12-20-3)13(2)14-9-10-14/h5-8,13-14,16H,4,9-12,18H2,1-3H3/t13?,16-/m1/s1. The average molecular weight is 276 g/mol. The van der Waals surface area contributed by atoms with Crippen LogP contribution in [0.15, 0.2) is 24.3 Å². The van der Waals surface area contributed by atoms with Gasteiger partial charge in [-0.2, -0.15) is 0 Å². The molecule has 3 heteroatoms. The van der Waals surface area contributed by atoms with Crippen LogP contribution in [0.25, 0.3) is 0 Å². The number of para-hydroxylation sites is 1. The summed E-state index contributed by atoms with van der Waals surface area (Å²) in [5, 5.41) is 0. The van der Waals surface area contributed by atoms with Gasteiger partial charge in [0.05, 0.1) is 6.61 Å². The molecule has 0 radical (unpaired) electrons. The van der Waals surface area contributed by atoms with Gasteiger partial charge in [0.15, 0.2) is 0 Å². The van der Waals surface area contributed by atoms with Crippen molar-refractivity contribution in [2.24, 2.45) is 11.7 Å². The van der Waals surface area contributed by atoms with Crippen molar-refractivity contribution in [3.8, 4) is 0 Å². The van der Waals surface area contributed by atoms with E-state index >= 15 is 0 Å². The van der Waals surface area contributed by atoms with E-state index in [9.17, 15) is 0 Å². The summed E-state index contributed by atoms with van der Waals surface area (Å²) in [4.78, 5) is 2.49. The highest BCUT2D eigenvalue weighted by molar-refractivity contribution is 5.56. The lowest BCUT2D eigenvalue weighted by molar-refractivity contribution is 0.202. The fraction of sp³-hybridized carbons (Fsp3) is 0.647. The van der Waals surface area contributed by atoms with Crippen LogP contribution in [-0.4, -0.2) is 26.3 Å². The Morgan fingerprint density at radius 1 is 1.35 bits per heavy atom. The molecule has 112 valence electrons. The molecule has 3 nitrogen and oxygen atoms in total. The highest BCUT2D eigenvalue weighted by atomic mass is 16.5. The number of nitrogens with two attached hydrogens (primary N) is 1. The number of ether oxygens (including phenoxy) is 1. The molecule has 1 aliphatic rings. The largest absolute Gasteiger partial charge is 0.383 e. The summed E-state index contributed by atoms with van der Waals surface area (Å²) >= 11 is 0. The number of benzene rings is 1. The number of anilines is 1. The second-order valence-corrected chi connectivity index (χ2v) is 5.84. The van der Waals surface area contributed by atoms with E-state index in [-0.39, 0.29) is 6.04 Å². The molecule has 0 bridgehead atoms. The van der Waals surface area contributed by atoms with Crippen molar-refractivity contribution in [1.82, 2.24) is 0 Å². The number of hydrogen-bond donors (Lipinski definition) is 1. The van der Waals surface area contributed by atoms with E-state index in [1.807, 2.05) is 0 Å². The third-order valence-electron chi connectivity index (χ3n) is 4.42. The van der Waals surface area contributed by atoms with Gasteiger partial charge >= 0.3 is 0 Å². The molecule has 2 rings (SSSR count). The fourth-order valence-corrected chi connectivity index (χ4v) is 2.85. The molecule has 1 aromatic rings. The van der Waals surface area contributed by atoms with E-state index in [0.29, 0.717) is 6.04 Å². The molecule has 0 spiro atoms. The Bertz CT molecular complexity index is 417. The van der Waals surface area contributed by atoms with Gasteiger partial charge in [-0.15, -0.1) is 0 Å². The van der Waals surface area contributed by atoms with E-state index in [0.717, 1.165) is 25.5 Å². The smallest absolute Gasteiger partial charge is 0.0637 e. The lowest BCUT2D eigenvalue weighted by atomic mass is 10.0. The number of hydrogen-bond acceptors (Lipinski definition) is 3. The van der Waals surface area contributed by atoms with E-state index in [1.54, 1.807) is 7.11 Å². The van der Waals surface area contributed by atoms with Gasteiger partial charge in [-0.3, -0.25) is 0 Å². The van der Waals surface area contributed by atoms with Gasteiger partial charge < -0.3 is 15.4 Å². The van der Waals surface area contributed by atoms with Crippen molar-refractivity contribution in [2.75, 3.05) is 25.2 Å². The van der Waals surface area contributed by atoms with Crippen molar-refractivity contribution in [2.45, 2.75) is 45.2 Å². The third kappa shape index (κ3) is 3.53. The fourth-order valence-electron chi connectivity index (χ4n) is 2.85. The topological polar surface area (TPSA) is 38.5 Å². The number of nitrogens with zero attached hydrogens (tertiary/aromatic N) is 1. The normalized spacial score (nSPS) is 17.8. The van der Waals surface area contributed by atoms with E-state index in [4.69, 9.17) is 10.5 Å². The van der Waals surface area contributed by atoms with Crippen LogP contribution in [0.4, 0.5) is 5.69 Å². The quantitative estimate of drug-likeness (QED) is 0.791. The monoisotopic (exact) mass is 276 g/mol. The zero-order chi connectivity index (χ0) is 14.5. The van der Waals surface area contributed by atoms with Crippen LogP contribution in [0.1, 0.15) is 44.7 Å². The number of methoxy groups -OCH3 is 1. The lowest BCUT2D eigenvalue weighted by Crippen LogP contribution is -2.38. The van der Waals surface area contributed by atoms with E-state index in [1.165, 1.54) is 24.1 Å². The Kier molecular flexibility index (Phi) is 5.44. The molecule has 1 saturated carbocycles. The summed E-state index contributed by atoms with van der Waals surface area (Å²) in [5.74, 6) is 0.831. The SMILES string of the molecule is CC[C@@H](N)c1ccccc1N(CCOC)C(C)C1CC1. The van der Waals surface area contributed by atoms with Crippen LogP contribution in [0, 0.1) is 5.92 Å². The summed E-state index contributed by atoms with van der Waals surface area (Å²) in [7, 11) is 1.77. The highest BCUT2D eigenvalue weighted by Gasteiger charge is 2.33. The molecule has 1 aliphatic carbocycles. The molecule has 1 aromatic carbocycles.